The summed E-state index contributed by atoms with van der Waals surface area (Å²) in [7, 11) is 0. The Bertz CT molecular complexity index is 368. The van der Waals surface area contributed by atoms with Crippen molar-refractivity contribution in [2.24, 2.45) is 0 Å². The van der Waals surface area contributed by atoms with Gasteiger partial charge in [0.15, 0.2) is 0 Å². The zero-order valence-electron chi connectivity index (χ0n) is 8.83. The van der Waals surface area contributed by atoms with E-state index in [2.05, 4.69) is 15.9 Å². The Labute approximate surface area is 108 Å². The molecule has 0 spiro atoms. The Hall–Kier alpha value is -0.740. The lowest BCUT2D eigenvalue weighted by atomic mass is 10.2. The number of esters is 1. The molecular formula is C11H12BrClO3. The highest BCUT2D eigenvalue weighted by atomic mass is 79.9. The Morgan fingerprint density at radius 2 is 2.19 bits per heavy atom. The molecule has 0 aromatic heterocycles. The number of hydrogen-bond acceptors (Lipinski definition) is 3. The topological polar surface area (TPSA) is 35.5 Å². The third-order valence-corrected chi connectivity index (χ3v) is 2.34. The minimum Gasteiger partial charge on any atom is -0.492 e. The van der Waals surface area contributed by atoms with E-state index in [1.54, 1.807) is 25.1 Å². The first kappa shape index (κ1) is 13.3. The maximum absolute atomic E-state index is 11.5. The summed E-state index contributed by atoms with van der Waals surface area (Å²) in [5.74, 6) is 0.638. The maximum Gasteiger partial charge on any atom is 0.338 e. The highest BCUT2D eigenvalue weighted by Crippen LogP contribution is 2.22. The van der Waals surface area contributed by atoms with Gasteiger partial charge >= 0.3 is 5.97 Å². The SMILES string of the molecule is CCOC(=O)c1cc(Br)cc(OCCCl)c1. The second-order valence-corrected chi connectivity index (χ2v) is 4.23. The summed E-state index contributed by atoms with van der Waals surface area (Å²) >= 11 is 8.82. The third kappa shape index (κ3) is 4.02. The number of alkyl halides is 1. The molecule has 16 heavy (non-hydrogen) atoms. The van der Waals surface area contributed by atoms with Gasteiger partial charge in [-0.2, -0.15) is 0 Å². The molecule has 1 aromatic rings. The second-order valence-electron chi connectivity index (χ2n) is 2.93. The van der Waals surface area contributed by atoms with Crippen LogP contribution in [0.4, 0.5) is 0 Å². The van der Waals surface area contributed by atoms with Gasteiger partial charge in [0.05, 0.1) is 18.1 Å². The number of benzene rings is 1. The number of rotatable bonds is 5. The van der Waals surface area contributed by atoms with Crippen molar-refractivity contribution < 1.29 is 14.3 Å². The summed E-state index contributed by atoms with van der Waals surface area (Å²) in [6.07, 6.45) is 0. The molecule has 0 fully saturated rings. The van der Waals surface area contributed by atoms with Gasteiger partial charge in [-0.25, -0.2) is 4.79 Å². The summed E-state index contributed by atoms with van der Waals surface area (Å²) in [5, 5.41) is 0. The molecule has 0 radical (unpaired) electrons. The number of ether oxygens (including phenoxy) is 2. The van der Waals surface area contributed by atoms with Crippen molar-refractivity contribution in [1.29, 1.82) is 0 Å². The van der Waals surface area contributed by atoms with Crippen LogP contribution in [-0.2, 0) is 4.74 Å². The summed E-state index contributed by atoms with van der Waals surface area (Å²) in [6.45, 7) is 2.52. The van der Waals surface area contributed by atoms with E-state index in [0.29, 0.717) is 30.4 Å². The Morgan fingerprint density at radius 1 is 1.44 bits per heavy atom. The quantitative estimate of drug-likeness (QED) is 0.619. The minimum absolute atomic E-state index is 0.350. The van der Waals surface area contributed by atoms with Crippen LogP contribution in [0.1, 0.15) is 17.3 Å². The molecule has 0 saturated carbocycles. The fourth-order valence-electron chi connectivity index (χ4n) is 1.13. The molecule has 0 N–H and O–H groups in total. The van der Waals surface area contributed by atoms with Crippen LogP contribution >= 0.6 is 27.5 Å². The lowest BCUT2D eigenvalue weighted by Gasteiger charge is -2.07. The van der Waals surface area contributed by atoms with E-state index in [9.17, 15) is 4.79 Å². The Balaban J connectivity index is 2.84. The number of carbonyl (C=O) groups excluding carboxylic acids is 1. The fourth-order valence-corrected chi connectivity index (χ4v) is 1.68. The summed E-state index contributed by atoms with van der Waals surface area (Å²) < 4.78 is 11.0. The van der Waals surface area contributed by atoms with Crippen LogP contribution in [0.2, 0.25) is 0 Å². The van der Waals surface area contributed by atoms with Crippen molar-refractivity contribution in [3.63, 3.8) is 0 Å². The van der Waals surface area contributed by atoms with Gasteiger partial charge < -0.3 is 9.47 Å². The van der Waals surface area contributed by atoms with Crippen molar-refractivity contribution in [3.8, 4) is 5.75 Å². The van der Waals surface area contributed by atoms with Crippen LogP contribution in [0.25, 0.3) is 0 Å². The van der Waals surface area contributed by atoms with Crippen molar-refractivity contribution >= 4 is 33.5 Å². The maximum atomic E-state index is 11.5. The molecule has 88 valence electrons. The number of hydrogen-bond donors (Lipinski definition) is 0. The average Bonchev–Trinajstić information content (AvgIpc) is 2.26. The molecule has 0 heterocycles. The Morgan fingerprint density at radius 3 is 2.81 bits per heavy atom. The van der Waals surface area contributed by atoms with Crippen LogP contribution in [0.3, 0.4) is 0 Å². The van der Waals surface area contributed by atoms with Gasteiger partial charge in [0.2, 0.25) is 0 Å². The highest BCUT2D eigenvalue weighted by molar-refractivity contribution is 9.10. The molecule has 1 aromatic carbocycles. The average molecular weight is 308 g/mol. The van der Waals surface area contributed by atoms with Gasteiger partial charge in [-0.05, 0) is 25.1 Å². The molecule has 0 amide bonds. The monoisotopic (exact) mass is 306 g/mol. The largest absolute Gasteiger partial charge is 0.492 e. The second kappa shape index (κ2) is 6.76. The minimum atomic E-state index is -0.362. The van der Waals surface area contributed by atoms with Gasteiger partial charge in [0, 0.05) is 4.47 Å². The summed E-state index contributed by atoms with van der Waals surface area (Å²) in [5.41, 5.74) is 0.459. The molecular weight excluding hydrogens is 295 g/mol. The normalized spacial score (nSPS) is 9.94. The van der Waals surface area contributed by atoms with E-state index in [4.69, 9.17) is 21.1 Å². The van der Waals surface area contributed by atoms with Crippen molar-refractivity contribution in [3.05, 3.63) is 28.2 Å². The zero-order chi connectivity index (χ0) is 12.0. The standard InChI is InChI=1S/C11H12BrClO3/c1-2-15-11(14)8-5-9(12)7-10(6-8)16-4-3-13/h5-7H,2-4H2,1H3. The molecule has 0 bridgehead atoms. The number of halogens is 2. The van der Waals surface area contributed by atoms with Crippen molar-refractivity contribution in [2.45, 2.75) is 6.92 Å². The van der Waals surface area contributed by atoms with Crippen molar-refractivity contribution in [2.75, 3.05) is 19.1 Å². The lowest BCUT2D eigenvalue weighted by molar-refractivity contribution is 0.0526. The van der Waals surface area contributed by atoms with Crippen LogP contribution in [0, 0.1) is 0 Å². The fraction of sp³-hybridized carbons (Fsp3) is 0.364. The molecule has 0 aliphatic rings. The smallest absolute Gasteiger partial charge is 0.338 e. The van der Waals surface area contributed by atoms with E-state index in [1.807, 2.05) is 0 Å². The van der Waals surface area contributed by atoms with Crippen LogP contribution in [0.15, 0.2) is 22.7 Å². The van der Waals surface area contributed by atoms with Crippen LogP contribution in [-0.4, -0.2) is 25.1 Å². The summed E-state index contributed by atoms with van der Waals surface area (Å²) in [4.78, 5) is 11.5. The van der Waals surface area contributed by atoms with Gasteiger partial charge in [-0.15, -0.1) is 11.6 Å². The molecule has 0 aliphatic carbocycles. The van der Waals surface area contributed by atoms with Gasteiger partial charge in [-0.3, -0.25) is 0 Å². The Kier molecular flexibility index (Phi) is 5.63. The molecule has 0 aliphatic heterocycles. The lowest BCUT2D eigenvalue weighted by Crippen LogP contribution is -2.05. The first-order valence-corrected chi connectivity index (χ1v) is 6.16. The summed E-state index contributed by atoms with van der Waals surface area (Å²) in [6, 6.07) is 5.09. The van der Waals surface area contributed by atoms with E-state index in [1.165, 1.54) is 0 Å². The zero-order valence-corrected chi connectivity index (χ0v) is 11.2. The molecule has 3 nitrogen and oxygen atoms in total. The van der Waals surface area contributed by atoms with E-state index < -0.39 is 0 Å². The highest BCUT2D eigenvalue weighted by Gasteiger charge is 2.09. The first-order valence-electron chi connectivity index (χ1n) is 4.84. The van der Waals surface area contributed by atoms with Gasteiger partial charge in [0.1, 0.15) is 12.4 Å². The predicted octanol–water partition coefficient (Wildman–Crippen LogP) is 3.24. The number of carbonyl (C=O) groups is 1. The first-order chi connectivity index (χ1) is 7.67. The van der Waals surface area contributed by atoms with E-state index in [-0.39, 0.29) is 5.97 Å². The van der Waals surface area contributed by atoms with Gasteiger partial charge in [0.25, 0.3) is 0 Å². The molecule has 0 unspecified atom stereocenters. The van der Waals surface area contributed by atoms with Crippen molar-refractivity contribution in [1.82, 2.24) is 0 Å². The van der Waals surface area contributed by atoms with Crippen LogP contribution in [0.5, 0.6) is 5.75 Å². The molecule has 5 heteroatoms. The van der Waals surface area contributed by atoms with Gasteiger partial charge in [-0.1, -0.05) is 15.9 Å². The molecule has 0 saturated heterocycles. The third-order valence-electron chi connectivity index (χ3n) is 1.73. The van der Waals surface area contributed by atoms with Crippen LogP contribution < -0.4 is 4.74 Å². The molecule has 1 rings (SSSR count). The predicted molar refractivity (Wildman–Crippen MR) is 66.3 cm³/mol. The molecule has 0 atom stereocenters. The van der Waals surface area contributed by atoms with E-state index in [0.717, 1.165) is 4.47 Å². The van der Waals surface area contributed by atoms with E-state index >= 15 is 0 Å².